The molecule has 5 nitrogen and oxygen atoms in total. The molecule has 0 aromatic carbocycles. The van der Waals surface area contributed by atoms with Crippen LogP contribution in [0, 0.1) is 11.3 Å². The summed E-state index contributed by atoms with van der Waals surface area (Å²) >= 11 is 1.91. The first-order chi connectivity index (χ1) is 14.3. The van der Waals surface area contributed by atoms with Crippen molar-refractivity contribution < 1.29 is 4.79 Å². The van der Waals surface area contributed by atoms with Gasteiger partial charge >= 0.3 is 0 Å². The number of amides is 1. The molecule has 1 saturated carbocycles. The van der Waals surface area contributed by atoms with Crippen molar-refractivity contribution in [2.24, 2.45) is 11.3 Å². The summed E-state index contributed by atoms with van der Waals surface area (Å²) in [5, 5.41) is 1.32. The molecule has 2 aromatic heterocycles. The Morgan fingerprint density at radius 2 is 1.83 bits per heavy atom. The molecular weight excluding hydrogens is 392 g/mol. The van der Waals surface area contributed by atoms with Crippen molar-refractivity contribution in [1.82, 2.24) is 14.9 Å². The van der Waals surface area contributed by atoms with Crippen molar-refractivity contribution in [3.63, 3.8) is 0 Å². The molecule has 5 rings (SSSR count). The van der Waals surface area contributed by atoms with Crippen molar-refractivity contribution in [1.29, 1.82) is 0 Å². The second-order valence-corrected chi connectivity index (χ2v) is 11.9. The Morgan fingerprint density at radius 3 is 2.50 bits per heavy atom. The van der Waals surface area contributed by atoms with Crippen LogP contribution in [0.5, 0.6) is 0 Å². The van der Waals surface area contributed by atoms with Gasteiger partial charge in [0.2, 0.25) is 5.91 Å². The highest BCUT2D eigenvalue weighted by Gasteiger charge is 2.32. The first-order valence-electron chi connectivity index (χ1n) is 11.6. The van der Waals surface area contributed by atoms with Gasteiger partial charge in [-0.15, -0.1) is 11.3 Å². The van der Waals surface area contributed by atoms with Crippen LogP contribution in [0.4, 0.5) is 5.82 Å². The van der Waals surface area contributed by atoms with E-state index in [0.29, 0.717) is 12.3 Å². The molecule has 1 aliphatic heterocycles. The number of thiophene rings is 1. The molecule has 162 valence electrons. The summed E-state index contributed by atoms with van der Waals surface area (Å²) in [5.74, 6) is 3.81. The molecule has 0 N–H and O–H groups in total. The number of aromatic nitrogens is 2. The normalized spacial score (nSPS) is 22.5. The number of aryl methyl sites for hydroxylation is 1. The van der Waals surface area contributed by atoms with E-state index in [9.17, 15) is 4.79 Å². The predicted molar refractivity (Wildman–Crippen MR) is 123 cm³/mol. The van der Waals surface area contributed by atoms with E-state index in [1.807, 2.05) is 16.2 Å². The van der Waals surface area contributed by atoms with E-state index in [1.54, 1.807) is 0 Å². The van der Waals surface area contributed by atoms with E-state index >= 15 is 0 Å². The second-order valence-electron chi connectivity index (χ2n) is 10.8. The first-order valence-corrected chi connectivity index (χ1v) is 12.4. The van der Waals surface area contributed by atoms with Crippen LogP contribution >= 0.6 is 11.3 Å². The summed E-state index contributed by atoms with van der Waals surface area (Å²) < 4.78 is 0. The molecule has 1 amide bonds. The lowest BCUT2D eigenvalue weighted by molar-refractivity contribution is -0.133. The Morgan fingerprint density at radius 1 is 1.10 bits per heavy atom. The Kier molecular flexibility index (Phi) is 5.04. The zero-order valence-electron chi connectivity index (χ0n) is 18.8. The quantitative estimate of drug-likeness (QED) is 0.709. The summed E-state index contributed by atoms with van der Waals surface area (Å²) in [6, 6.07) is 0. The van der Waals surface area contributed by atoms with Crippen LogP contribution in [0.2, 0.25) is 0 Å². The number of hydrogen-bond donors (Lipinski definition) is 0. The fraction of sp³-hybridized carbons (Fsp3) is 0.708. The summed E-state index contributed by atoms with van der Waals surface area (Å²) in [4.78, 5) is 30.1. The summed E-state index contributed by atoms with van der Waals surface area (Å²) in [6.07, 6.45) is 6.66. The topological polar surface area (TPSA) is 49.3 Å². The SMILES string of the molecule is CC1CCc2c(sc3nc(C4CC4)nc(N4CCN(C(=O)CC(C)(C)C)CC4)c23)C1. The number of hydrogen-bond acceptors (Lipinski definition) is 5. The van der Waals surface area contributed by atoms with Crippen LogP contribution in [0.3, 0.4) is 0 Å². The monoisotopic (exact) mass is 426 g/mol. The summed E-state index contributed by atoms with van der Waals surface area (Å²) in [7, 11) is 0. The minimum atomic E-state index is 0.0408. The van der Waals surface area contributed by atoms with Gasteiger partial charge in [0.05, 0.1) is 5.39 Å². The second kappa shape index (κ2) is 7.47. The smallest absolute Gasteiger partial charge is 0.223 e. The van der Waals surface area contributed by atoms with Crippen LogP contribution in [0.15, 0.2) is 0 Å². The Balaban J connectivity index is 1.43. The molecule has 0 radical (unpaired) electrons. The van der Waals surface area contributed by atoms with Gasteiger partial charge in [0.15, 0.2) is 0 Å². The number of carbonyl (C=O) groups excluding carboxylic acids is 1. The van der Waals surface area contributed by atoms with E-state index in [1.165, 1.54) is 46.3 Å². The third-order valence-electron chi connectivity index (χ3n) is 6.71. The third kappa shape index (κ3) is 3.95. The molecule has 30 heavy (non-hydrogen) atoms. The highest BCUT2D eigenvalue weighted by Crippen LogP contribution is 2.44. The fourth-order valence-electron chi connectivity index (χ4n) is 4.83. The van der Waals surface area contributed by atoms with Gasteiger partial charge < -0.3 is 9.80 Å². The Bertz CT molecular complexity index is 964. The lowest BCUT2D eigenvalue weighted by atomic mass is 9.89. The molecular formula is C24H34N4OS. The van der Waals surface area contributed by atoms with Crippen LogP contribution in [-0.4, -0.2) is 47.0 Å². The van der Waals surface area contributed by atoms with Crippen molar-refractivity contribution in [2.45, 2.75) is 72.1 Å². The zero-order chi connectivity index (χ0) is 21.0. The standard InChI is InChI=1S/C24H34N4OS/c1-15-5-8-17-18(13-15)30-23-20(17)22(25-21(26-23)16-6-7-16)28-11-9-27(10-12-28)19(29)14-24(2,3)4/h15-16H,5-14H2,1-4H3. The Hall–Kier alpha value is -1.69. The van der Waals surface area contributed by atoms with Gasteiger partial charge in [0, 0.05) is 43.4 Å². The van der Waals surface area contributed by atoms with Crippen molar-refractivity contribution in [3.05, 3.63) is 16.3 Å². The van der Waals surface area contributed by atoms with E-state index in [2.05, 4.69) is 32.6 Å². The van der Waals surface area contributed by atoms with E-state index in [0.717, 1.165) is 50.2 Å². The minimum Gasteiger partial charge on any atom is -0.352 e. The minimum absolute atomic E-state index is 0.0408. The van der Waals surface area contributed by atoms with E-state index in [-0.39, 0.29) is 11.3 Å². The number of nitrogens with zero attached hydrogens (tertiary/aromatic N) is 4. The molecule has 1 atom stereocenters. The largest absolute Gasteiger partial charge is 0.352 e. The van der Waals surface area contributed by atoms with Gasteiger partial charge in [-0.1, -0.05) is 27.7 Å². The highest BCUT2D eigenvalue weighted by atomic mass is 32.1. The van der Waals surface area contributed by atoms with Gasteiger partial charge in [-0.25, -0.2) is 9.97 Å². The van der Waals surface area contributed by atoms with Crippen molar-refractivity contribution in [3.8, 4) is 0 Å². The molecule has 0 spiro atoms. The van der Waals surface area contributed by atoms with Crippen LogP contribution in [-0.2, 0) is 17.6 Å². The average molecular weight is 427 g/mol. The molecule has 3 aliphatic rings. The van der Waals surface area contributed by atoms with Crippen molar-refractivity contribution in [2.75, 3.05) is 31.1 Å². The van der Waals surface area contributed by atoms with Gasteiger partial charge in [0.1, 0.15) is 16.5 Å². The lowest BCUT2D eigenvalue weighted by Gasteiger charge is -2.37. The molecule has 3 heterocycles. The van der Waals surface area contributed by atoms with Gasteiger partial charge in [-0.2, -0.15) is 0 Å². The number of piperazine rings is 1. The zero-order valence-corrected chi connectivity index (χ0v) is 19.6. The highest BCUT2D eigenvalue weighted by molar-refractivity contribution is 7.19. The van der Waals surface area contributed by atoms with E-state index in [4.69, 9.17) is 9.97 Å². The average Bonchev–Trinajstić information content (AvgIpc) is 3.47. The molecule has 1 saturated heterocycles. The Labute approximate surface area is 183 Å². The maximum Gasteiger partial charge on any atom is 0.223 e. The summed E-state index contributed by atoms with van der Waals surface area (Å²) in [6.45, 7) is 12.1. The lowest BCUT2D eigenvalue weighted by Crippen LogP contribution is -2.49. The number of rotatable bonds is 3. The predicted octanol–water partition coefficient (Wildman–Crippen LogP) is 4.78. The molecule has 0 bridgehead atoms. The number of fused-ring (bicyclic) bond motifs is 3. The number of carbonyl (C=O) groups is 1. The maximum absolute atomic E-state index is 12.7. The maximum atomic E-state index is 12.7. The number of anilines is 1. The molecule has 1 unspecified atom stereocenters. The fourth-order valence-corrected chi connectivity index (χ4v) is 6.21. The van der Waals surface area contributed by atoms with Gasteiger partial charge in [0.25, 0.3) is 0 Å². The van der Waals surface area contributed by atoms with Crippen LogP contribution in [0.1, 0.15) is 75.6 Å². The third-order valence-corrected chi connectivity index (χ3v) is 7.86. The molecule has 2 fully saturated rings. The van der Waals surface area contributed by atoms with E-state index < -0.39 is 0 Å². The van der Waals surface area contributed by atoms with Crippen LogP contribution < -0.4 is 4.90 Å². The van der Waals surface area contributed by atoms with Crippen LogP contribution in [0.25, 0.3) is 10.2 Å². The first kappa shape index (κ1) is 20.2. The molecule has 2 aromatic rings. The molecule has 2 aliphatic carbocycles. The molecule has 6 heteroatoms. The van der Waals surface area contributed by atoms with Gasteiger partial charge in [-0.05, 0) is 49.0 Å². The summed E-state index contributed by atoms with van der Waals surface area (Å²) in [5.41, 5.74) is 1.55. The van der Waals surface area contributed by atoms with Crippen molar-refractivity contribution >= 4 is 33.3 Å². The van der Waals surface area contributed by atoms with Gasteiger partial charge in [-0.3, -0.25) is 4.79 Å².